The second-order valence-corrected chi connectivity index (χ2v) is 7.33. The zero-order valence-corrected chi connectivity index (χ0v) is 16.5. The van der Waals surface area contributed by atoms with Crippen LogP contribution in [0.3, 0.4) is 0 Å². The molecule has 4 amide bonds. The van der Waals surface area contributed by atoms with Crippen LogP contribution >= 0.6 is 12.4 Å². The maximum atomic E-state index is 12.8. The van der Waals surface area contributed by atoms with Gasteiger partial charge in [-0.1, -0.05) is 29.8 Å². The highest BCUT2D eigenvalue weighted by molar-refractivity contribution is 6.09. The zero-order chi connectivity index (χ0) is 18.7. The average Bonchev–Trinajstić information content (AvgIpc) is 2.85. The van der Waals surface area contributed by atoms with Gasteiger partial charge in [0, 0.05) is 6.54 Å². The Morgan fingerprint density at radius 2 is 2.00 bits per heavy atom. The maximum absolute atomic E-state index is 12.8. The van der Waals surface area contributed by atoms with E-state index in [4.69, 9.17) is 0 Å². The third-order valence-electron chi connectivity index (χ3n) is 5.19. The molecule has 8 heteroatoms. The molecule has 0 bridgehead atoms. The number of imide groups is 1. The molecule has 0 aromatic heterocycles. The van der Waals surface area contributed by atoms with Crippen LogP contribution in [0, 0.1) is 12.8 Å². The number of nitrogens with zero attached hydrogens (tertiary/aromatic N) is 1. The van der Waals surface area contributed by atoms with E-state index < -0.39 is 17.5 Å². The van der Waals surface area contributed by atoms with E-state index in [1.54, 1.807) is 6.92 Å². The van der Waals surface area contributed by atoms with E-state index in [9.17, 15) is 14.4 Å². The lowest BCUT2D eigenvalue weighted by atomic mass is 9.91. The normalized spacial score (nSPS) is 25.0. The standard InChI is InChI=1S/C19H26N4O3.ClH/c1-13-5-7-15(8-6-13)19(2)17(25)23(18(26)22-19)12-16(24)21-11-14-4-3-9-20-10-14;/h5-8,14,20H,3-4,9-12H2,1-2H3,(H,21,24)(H,22,26);1H. The van der Waals surface area contributed by atoms with Gasteiger partial charge in [0.05, 0.1) is 0 Å². The molecule has 2 heterocycles. The third kappa shape index (κ3) is 4.59. The van der Waals surface area contributed by atoms with Gasteiger partial charge in [0.25, 0.3) is 5.91 Å². The van der Waals surface area contributed by atoms with Gasteiger partial charge in [0.2, 0.25) is 5.91 Å². The van der Waals surface area contributed by atoms with Crippen molar-refractivity contribution in [3.63, 3.8) is 0 Å². The Balaban J connectivity index is 0.00000261. The Morgan fingerprint density at radius 1 is 1.30 bits per heavy atom. The number of carbonyl (C=O) groups excluding carboxylic acids is 3. The summed E-state index contributed by atoms with van der Waals surface area (Å²) < 4.78 is 0. The molecule has 1 aromatic carbocycles. The number of rotatable bonds is 5. The zero-order valence-electron chi connectivity index (χ0n) is 15.7. The van der Waals surface area contributed by atoms with Gasteiger partial charge in [0.15, 0.2) is 0 Å². The van der Waals surface area contributed by atoms with Crippen molar-refractivity contribution in [2.24, 2.45) is 5.92 Å². The van der Waals surface area contributed by atoms with E-state index in [-0.39, 0.29) is 24.9 Å². The smallest absolute Gasteiger partial charge is 0.325 e. The van der Waals surface area contributed by atoms with Crippen LogP contribution in [0.1, 0.15) is 30.9 Å². The Labute approximate surface area is 165 Å². The summed E-state index contributed by atoms with van der Waals surface area (Å²) in [6.07, 6.45) is 2.17. The molecule has 27 heavy (non-hydrogen) atoms. The minimum absolute atomic E-state index is 0. The van der Waals surface area contributed by atoms with Crippen LogP contribution in [0.5, 0.6) is 0 Å². The van der Waals surface area contributed by atoms with Gasteiger partial charge in [0.1, 0.15) is 12.1 Å². The summed E-state index contributed by atoms with van der Waals surface area (Å²) in [5, 5.41) is 8.86. The summed E-state index contributed by atoms with van der Waals surface area (Å²) in [6, 6.07) is 6.91. The first kappa shape index (κ1) is 21.2. The molecular weight excluding hydrogens is 368 g/mol. The Bertz CT molecular complexity index is 703. The summed E-state index contributed by atoms with van der Waals surface area (Å²) in [4.78, 5) is 38.3. The van der Waals surface area contributed by atoms with E-state index in [1.807, 2.05) is 31.2 Å². The molecule has 3 rings (SSSR count). The van der Waals surface area contributed by atoms with E-state index in [0.29, 0.717) is 18.0 Å². The third-order valence-corrected chi connectivity index (χ3v) is 5.19. The Morgan fingerprint density at radius 3 is 2.63 bits per heavy atom. The molecule has 2 atom stereocenters. The van der Waals surface area contributed by atoms with Crippen molar-refractivity contribution in [2.75, 3.05) is 26.2 Å². The number of aryl methyl sites for hydroxylation is 1. The molecule has 2 aliphatic rings. The van der Waals surface area contributed by atoms with E-state index >= 15 is 0 Å². The van der Waals surface area contributed by atoms with Crippen molar-refractivity contribution in [1.29, 1.82) is 0 Å². The van der Waals surface area contributed by atoms with Crippen LogP contribution in [-0.2, 0) is 15.1 Å². The minimum Gasteiger partial charge on any atom is -0.354 e. The van der Waals surface area contributed by atoms with Gasteiger partial charge >= 0.3 is 6.03 Å². The predicted octanol–water partition coefficient (Wildman–Crippen LogP) is 1.30. The molecule has 7 nitrogen and oxygen atoms in total. The molecule has 0 saturated carbocycles. The summed E-state index contributed by atoms with van der Waals surface area (Å²) in [5.74, 6) is -0.318. The van der Waals surface area contributed by atoms with Crippen molar-refractivity contribution in [3.05, 3.63) is 35.4 Å². The van der Waals surface area contributed by atoms with Crippen LogP contribution in [0.2, 0.25) is 0 Å². The lowest BCUT2D eigenvalue weighted by Crippen LogP contribution is -2.45. The van der Waals surface area contributed by atoms with Crippen molar-refractivity contribution >= 4 is 30.3 Å². The number of piperidine rings is 1. The fourth-order valence-electron chi connectivity index (χ4n) is 3.48. The lowest BCUT2D eigenvalue weighted by Gasteiger charge is -2.24. The van der Waals surface area contributed by atoms with Gasteiger partial charge in [-0.25, -0.2) is 4.79 Å². The van der Waals surface area contributed by atoms with Crippen LogP contribution in [0.25, 0.3) is 0 Å². The Hall–Kier alpha value is -2.12. The lowest BCUT2D eigenvalue weighted by molar-refractivity contribution is -0.134. The number of carbonyl (C=O) groups is 3. The molecule has 0 aliphatic carbocycles. The number of halogens is 1. The molecule has 2 saturated heterocycles. The summed E-state index contributed by atoms with van der Waals surface area (Å²) in [6.45, 7) is 5.83. The molecule has 3 N–H and O–H groups in total. The van der Waals surface area contributed by atoms with Crippen molar-refractivity contribution in [1.82, 2.24) is 20.9 Å². The van der Waals surface area contributed by atoms with Crippen LogP contribution < -0.4 is 16.0 Å². The number of hydrogen-bond donors (Lipinski definition) is 3. The van der Waals surface area contributed by atoms with E-state index in [0.717, 1.165) is 36.4 Å². The summed E-state index contributed by atoms with van der Waals surface area (Å²) in [7, 11) is 0. The topological polar surface area (TPSA) is 90.5 Å². The highest BCUT2D eigenvalue weighted by atomic mass is 35.5. The first-order valence-electron chi connectivity index (χ1n) is 9.09. The number of nitrogens with one attached hydrogen (secondary N) is 3. The quantitative estimate of drug-likeness (QED) is 0.656. The Kier molecular flexibility index (Phi) is 6.84. The van der Waals surface area contributed by atoms with E-state index in [2.05, 4.69) is 16.0 Å². The van der Waals surface area contributed by atoms with Crippen LogP contribution in [0.15, 0.2) is 24.3 Å². The summed E-state index contributed by atoms with van der Waals surface area (Å²) in [5.41, 5.74) is 0.637. The largest absolute Gasteiger partial charge is 0.354 e. The predicted molar refractivity (Wildman–Crippen MR) is 105 cm³/mol. The van der Waals surface area contributed by atoms with Crippen molar-refractivity contribution < 1.29 is 14.4 Å². The van der Waals surface area contributed by atoms with E-state index in [1.165, 1.54) is 0 Å². The molecule has 2 unspecified atom stereocenters. The fourth-order valence-corrected chi connectivity index (χ4v) is 3.48. The molecule has 0 spiro atoms. The van der Waals surface area contributed by atoms with Crippen LogP contribution in [-0.4, -0.2) is 48.9 Å². The number of urea groups is 1. The average molecular weight is 395 g/mol. The maximum Gasteiger partial charge on any atom is 0.325 e. The monoisotopic (exact) mass is 394 g/mol. The minimum atomic E-state index is -1.14. The second-order valence-electron chi connectivity index (χ2n) is 7.33. The SMILES string of the molecule is Cc1ccc(C2(C)NC(=O)N(CC(=O)NCC3CCCNC3)C2=O)cc1.Cl. The molecule has 148 valence electrons. The molecule has 2 aliphatic heterocycles. The molecular formula is C19H27ClN4O3. The second kappa shape index (κ2) is 8.71. The summed E-state index contributed by atoms with van der Waals surface area (Å²) >= 11 is 0. The van der Waals surface area contributed by atoms with Gasteiger partial charge in [-0.2, -0.15) is 0 Å². The molecule has 0 radical (unpaired) electrons. The molecule has 1 aromatic rings. The first-order chi connectivity index (χ1) is 12.4. The highest BCUT2D eigenvalue weighted by Crippen LogP contribution is 2.28. The number of amides is 4. The van der Waals surface area contributed by atoms with Crippen LogP contribution in [0.4, 0.5) is 4.79 Å². The van der Waals surface area contributed by atoms with Crippen molar-refractivity contribution in [3.8, 4) is 0 Å². The van der Waals surface area contributed by atoms with Gasteiger partial charge in [-0.15, -0.1) is 12.4 Å². The number of benzene rings is 1. The fraction of sp³-hybridized carbons (Fsp3) is 0.526. The molecule has 2 fully saturated rings. The van der Waals surface area contributed by atoms with Gasteiger partial charge in [-0.05, 0) is 51.3 Å². The van der Waals surface area contributed by atoms with Gasteiger partial charge in [-0.3, -0.25) is 14.5 Å². The van der Waals surface area contributed by atoms with Crippen molar-refractivity contribution in [2.45, 2.75) is 32.2 Å². The van der Waals surface area contributed by atoms with Gasteiger partial charge < -0.3 is 16.0 Å². The number of hydrogen-bond acceptors (Lipinski definition) is 4. The first-order valence-corrected chi connectivity index (χ1v) is 9.09. The highest BCUT2D eigenvalue weighted by Gasteiger charge is 2.49.